The molecule has 0 aliphatic carbocycles. The third kappa shape index (κ3) is 42.2. The van der Waals surface area contributed by atoms with Gasteiger partial charge in [-0.15, -0.1) is 0 Å². The van der Waals surface area contributed by atoms with Gasteiger partial charge in [-0.25, -0.2) is 0 Å². The van der Waals surface area contributed by atoms with Gasteiger partial charge in [-0.05, 0) is 135 Å². The Hall–Kier alpha value is -10.3. The van der Waals surface area contributed by atoms with Crippen molar-refractivity contribution in [1.82, 2.24) is 47.9 Å². The molecule has 98 heavy (non-hydrogen) atoms. The van der Waals surface area contributed by atoms with E-state index in [9.17, 15) is 52.7 Å². The first-order chi connectivity index (χ1) is 46.3. The molecule has 0 rings (SSSR count). The van der Waals surface area contributed by atoms with Gasteiger partial charge in [-0.1, -0.05) is 0 Å². The van der Waals surface area contributed by atoms with E-state index < -0.39 is 139 Å². The van der Waals surface area contributed by atoms with Gasteiger partial charge in [0.25, 0.3) is 0 Å². The van der Waals surface area contributed by atoms with Gasteiger partial charge in [0, 0.05) is 45.7 Å². The van der Waals surface area contributed by atoms with Gasteiger partial charge < -0.3 is 145 Å². The van der Waals surface area contributed by atoms with Crippen LogP contribution in [0.3, 0.4) is 0 Å². The molecular formula is C55H110N32O11. The average Bonchev–Trinajstić information content (AvgIpc) is 0.871. The third-order valence-corrected chi connectivity index (χ3v) is 14.2. The highest BCUT2D eigenvalue weighted by Gasteiger charge is 2.36. The molecule has 0 aliphatic rings. The first-order valence-corrected chi connectivity index (χ1v) is 32.1. The van der Waals surface area contributed by atoms with E-state index in [1.807, 2.05) is 0 Å². The number of primary amides is 2. The topological polar surface area (TPSA) is 813 Å². The number of nitrogens with two attached hydrogens (primary N) is 17. The van der Waals surface area contributed by atoms with Crippen molar-refractivity contribution in [3.05, 3.63) is 0 Å². The highest BCUT2D eigenvalue weighted by atomic mass is 16.2. The Balaban J connectivity index is 7.58. The molecule has 0 spiro atoms. The number of guanidine groups is 6. The number of hydrogen-bond donors (Lipinski definition) is 26. The van der Waals surface area contributed by atoms with Crippen LogP contribution in [-0.2, 0) is 52.7 Å². The summed E-state index contributed by atoms with van der Waals surface area (Å²) in [6, 6.07) is -12.9. The summed E-state index contributed by atoms with van der Waals surface area (Å²) in [6.45, 7) is -0.0824. The van der Waals surface area contributed by atoms with Gasteiger partial charge in [0.2, 0.25) is 65.0 Å². The fraction of sp³-hybridized carbons (Fsp3) is 0.691. The number of nitrogens with zero attached hydrogens (tertiary/aromatic N) is 6. The second-order valence-corrected chi connectivity index (χ2v) is 22.5. The number of carbonyl (C=O) groups is 11. The maximum absolute atomic E-state index is 14.7. The van der Waals surface area contributed by atoms with Gasteiger partial charge in [0.05, 0.1) is 6.54 Å². The van der Waals surface area contributed by atoms with Crippen LogP contribution in [0.15, 0.2) is 30.0 Å². The monoisotopic (exact) mass is 1390 g/mol. The summed E-state index contributed by atoms with van der Waals surface area (Å²) in [4.78, 5) is 176. The smallest absolute Gasteiger partial charge is 0.243 e. The summed E-state index contributed by atoms with van der Waals surface area (Å²) in [7, 11) is 0. The van der Waals surface area contributed by atoms with Gasteiger partial charge >= 0.3 is 0 Å². The Kier molecular flexibility index (Phi) is 45.6. The molecule has 43 heteroatoms. The minimum atomic E-state index is -1.60. The van der Waals surface area contributed by atoms with Crippen LogP contribution in [0.25, 0.3) is 0 Å². The molecule has 0 fully saturated rings. The maximum atomic E-state index is 14.7. The molecule has 0 saturated carbocycles. The zero-order valence-corrected chi connectivity index (χ0v) is 55.7. The van der Waals surface area contributed by atoms with Crippen LogP contribution in [0.5, 0.6) is 0 Å². The number of unbranched alkanes of at least 4 members (excludes halogenated alkanes) is 2. The molecule has 0 radical (unpaired) electrons. The Morgan fingerprint density at radius 2 is 0.439 bits per heavy atom. The minimum Gasteiger partial charge on any atom is -0.370 e. The van der Waals surface area contributed by atoms with Crippen LogP contribution in [0, 0.1) is 0 Å². The summed E-state index contributed by atoms with van der Waals surface area (Å²) in [5.74, 6) is -11.4. The zero-order valence-electron chi connectivity index (χ0n) is 55.7. The second-order valence-electron chi connectivity index (χ2n) is 22.5. The lowest BCUT2D eigenvalue weighted by molar-refractivity contribution is -0.136. The number of rotatable bonds is 54. The maximum Gasteiger partial charge on any atom is 0.243 e. The molecule has 556 valence electrons. The van der Waals surface area contributed by atoms with Crippen molar-refractivity contribution < 1.29 is 52.7 Å². The number of nitrogens with one attached hydrogen (secondary N) is 9. The Morgan fingerprint density at radius 3 is 0.633 bits per heavy atom. The molecule has 0 aromatic carbocycles. The van der Waals surface area contributed by atoms with E-state index in [-0.39, 0.29) is 184 Å². The molecule has 0 saturated heterocycles. The van der Waals surface area contributed by atoms with Crippen molar-refractivity contribution in [2.24, 2.45) is 127 Å². The van der Waals surface area contributed by atoms with Crippen LogP contribution in [0.4, 0.5) is 0 Å². The quantitative estimate of drug-likeness (QED) is 0.0153. The van der Waals surface area contributed by atoms with Crippen molar-refractivity contribution in [2.75, 3.05) is 58.9 Å². The molecule has 0 aromatic heterocycles. The van der Waals surface area contributed by atoms with Crippen molar-refractivity contribution in [3.63, 3.8) is 0 Å². The summed E-state index contributed by atoms with van der Waals surface area (Å²) < 4.78 is 0. The normalized spacial score (nSPS) is 13.5. The Morgan fingerprint density at radius 1 is 0.245 bits per heavy atom. The molecule has 0 heterocycles. The van der Waals surface area contributed by atoms with Gasteiger partial charge in [-0.3, -0.25) is 82.7 Å². The van der Waals surface area contributed by atoms with E-state index in [0.29, 0.717) is 19.3 Å². The van der Waals surface area contributed by atoms with Crippen LogP contribution in [0.1, 0.15) is 128 Å². The fourth-order valence-electron chi connectivity index (χ4n) is 9.16. The van der Waals surface area contributed by atoms with E-state index in [1.165, 1.54) is 0 Å². The number of carbonyl (C=O) groups excluding carboxylic acids is 11. The SMILES string of the molecule is NCCCC[C@H](NC(=O)[C@H](CCCN=C(N)N)NC(=O)CN)C(=O)N[C@@H](CCC(N)=O)C(=O)N[C@@H](CCCCN)C(=O)N[C@@H](CCCN=C(N)N)C(=O)N[C@@H](CCCN=C(N)N)C(=O)N[C@@H](CCCN=C(N)N)C(=O)N[C@@H](CCCN=C(N)N)C(=O)N[C@@H](CCCN=C(N)N)C(N)=O. The average molecular weight is 1400 g/mol. The third-order valence-electron chi connectivity index (χ3n) is 14.2. The zero-order chi connectivity index (χ0) is 74.1. The minimum absolute atomic E-state index is 0.00259. The number of amides is 11. The number of hydrogen-bond acceptors (Lipinski definition) is 20. The standard InChI is InChI=1S/C55H110N32O11/c56-21-3-1-11-32(82-49(98)38(19-20-39(59)88)87-45(94)33(12-2-4-22-57)81-42(91)31(79-40(89)29-58)14-6-24-74-51(63)64)44(93)84-35(16-8-26-76-53(67)68)47(96)86-37(18-10-28-78-55(71)72)48(97)85-36(17-9-27-77-54(69)70)46(95)83-34(15-7-25-75-52(65)66)43(92)80-30(41(60)90)13-5-23-73-50(61)62/h30-38H,1-29,56-58H2,(H2,59,88)(H2,60,90)(H,79,89)(H,80,92)(H,81,91)(H,82,98)(H,83,95)(H,84,93)(H,85,97)(H,86,96)(H,87,94)(H4,61,62,73)(H4,63,64,74)(H4,65,66,75)(H4,67,68,76)(H4,69,70,77)(H4,71,72,78)/t30-,31-,32-,33-,34-,35-,36-,37-,38-/m0/s1. The van der Waals surface area contributed by atoms with Crippen molar-refractivity contribution >= 4 is 101 Å². The van der Waals surface area contributed by atoms with Crippen molar-refractivity contribution in [2.45, 2.75) is 183 Å². The lowest BCUT2D eigenvalue weighted by atomic mass is 10.0. The predicted octanol–water partition coefficient (Wildman–Crippen LogP) is -12.4. The fourth-order valence-corrected chi connectivity index (χ4v) is 9.16. The molecule has 0 unspecified atom stereocenters. The van der Waals surface area contributed by atoms with Crippen LogP contribution in [0.2, 0.25) is 0 Å². The van der Waals surface area contributed by atoms with E-state index in [0.717, 1.165) is 0 Å². The molecule has 0 bridgehead atoms. The molecule has 43 nitrogen and oxygen atoms in total. The molecule has 11 amide bonds. The summed E-state index contributed by atoms with van der Waals surface area (Å²) in [5, 5.41) is 23.4. The lowest BCUT2D eigenvalue weighted by Gasteiger charge is -2.28. The molecule has 0 aliphatic heterocycles. The van der Waals surface area contributed by atoms with Crippen LogP contribution >= 0.6 is 0 Å². The van der Waals surface area contributed by atoms with Gasteiger partial charge in [0.1, 0.15) is 54.4 Å². The second kappa shape index (κ2) is 51.0. The number of aliphatic imine (C=N–C) groups is 6. The van der Waals surface area contributed by atoms with Crippen molar-refractivity contribution in [3.8, 4) is 0 Å². The van der Waals surface area contributed by atoms with Gasteiger partial charge in [0.15, 0.2) is 35.8 Å². The summed E-state index contributed by atoms with van der Waals surface area (Å²) >= 11 is 0. The van der Waals surface area contributed by atoms with Crippen LogP contribution in [-0.4, -0.2) is 214 Å². The highest BCUT2D eigenvalue weighted by Crippen LogP contribution is 2.13. The lowest BCUT2D eigenvalue weighted by Crippen LogP contribution is -2.60. The first kappa shape index (κ1) is 87.7. The van der Waals surface area contributed by atoms with Crippen molar-refractivity contribution in [1.29, 1.82) is 0 Å². The molecule has 9 atom stereocenters. The van der Waals surface area contributed by atoms with E-state index >= 15 is 0 Å². The van der Waals surface area contributed by atoms with E-state index in [4.69, 9.17) is 97.5 Å². The Labute approximate surface area is 568 Å². The van der Waals surface area contributed by atoms with E-state index in [1.54, 1.807) is 0 Å². The highest BCUT2D eigenvalue weighted by molar-refractivity contribution is 5.99. The Bertz CT molecular complexity index is 2710. The van der Waals surface area contributed by atoms with Crippen LogP contribution < -0.4 is 145 Å². The molecular weight excluding hydrogens is 1280 g/mol. The molecule has 43 N–H and O–H groups in total. The largest absolute Gasteiger partial charge is 0.370 e. The van der Waals surface area contributed by atoms with E-state index in [2.05, 4.69) is 77.8 Å². The first-order valence-electron chi connectivity index (χ1n) is 32.1. The summed E-state index contributed by atoms with van der Waals surface area (Å²) in [5.41, 5.74) is 94.4. The summed E-state index contributed by atoms with van der Waals surface area (Å²) in [6.07, 6.45) is 0.196. The molecule has 0 aromatic rings. The predicted molar refractivity (Wildman–Crippen MR) is 369 cm³/mol. The van der Waals surface area contributed by atoms with Gasteiger partial charge in [-0.2, -0.15) is 0 Å².